The van der Waals surface area contributed by atoms with Gasteiger partial charge in [-0.3, -0.25) is 4.79 Å². The Kier molecular flexibility index (Phi) is 5.16. The largest absolute Gasteiger partial charge is 0.493 e. The average Bonchev–Trinajstić information content (AvgIpc) is 2.67. The summed E-state index contributed by atoms with van der Waals surface area (Å²) in [5.74, 6) is -1.73. The predicted molar refractivity (Wildman–Crippen MR) is 94.3 cm³/mol. The van der Waals surface area contributed by atoms with Crippen molar-refractivity contribution in [1.82, 2.24) is 0 Å². The summed E-state index contributed by atoms with van der Waals surface area (Å²) in [5, 5.41) is 2.90. The molecule has 138 valence electrons. The Morgan fingerprint density at radius 3 is 2.59 bits per heavy atom. The van der Waals surface area contributed by atoms with Crippen molar-refractivity contribution in [3.8, 4) is 5.75 Å². The number of fused-ring (bicyclic) bond motifs is 1. The molecule has 0 spiro atoms. The van der Waals surface area contributed by atoms with E-state index >= 15 is 0 Å². The van der Waals surface area contributed by atoms with Crippen molar-refractivity contribution >= 4 is 28.5 Å². The standard InChI is InChI=1S/C19H14FNO6/c1-25-15-4-2-3-11-9-14(19(24)27-17(11)15)18(23)26-10-16(22)21-13-7-5-12(20)6-8-13/h2-9H,10H2,1H3,(H,21,22). The van der Waals surface area contributed by atoms with Gasteiger partial charge in [0.25, 0.3) is 5.91 Å². The topological polar surface area (TPSA) is 94.8 Å². The molecule has 0 aliphatic heterocycles. The molecule has 7 nitrogen and oxygen atoms in total. The number of methoxy groups -OCH3 is 1. The van der Waals surface area contributed by atoms with E-state index in [1.807, 2.05) is 0 Å². The van der Waals surface area contributed by atoms with Gasteiger partial charge in [0.1, 0.15) is 11.4 Å². The molecule has 0 fully saturated rings. The first kappa shape index (κ1) is 18.1. The fraction of sp³-hybridized carbons (Fsp3) is 0.105. The Labute approximate surface area is 152 Å². The molecule has 0 aliphatic carbocycles. The minimum atomic E-state index is -0.997. The highest BCUT2D eigenvalue weighted by atomic mass is 19.1. The van der Waals surface area contributed by atoms with E-state index in [0.29, 0.717) is 16.8 Å². The van der Waals surface area contributed by atoms with E-state index in [2.05, 4.69) is 5.32 Å². The number of hydrogen-bond donors (Lipinski definition) is 1. The van der Waals surface area contributed by atoms with Gasteiger partial charge in [-0.2, -0.15) is 0 Å². The van der Waals surface area contributed by atoms with Crippen LogP contribution in [0.15, 0.2) is 57.7 Å². The highest BCUT2D eigenvalue weighted by molar-refractivity contribution is 5.97. The lowest BCUT2D eigenvalue weighted by molar-refractivity contribution is -0.119. The van der Waals surface area contributed by atoms with Crippen LogP contribution in [0.2, 0.25) is 0 Å². The summed E-state index contributed by atoms with van der Waals surface area (Å²) in [6.45, 7) is -0.619. The molecule has 0 unspecified atom stereocenters. The molecule has 1 heterocycles. The summed E-state index contributed by atoms with van der Waals surface area (Å²) in [6.07, 6.45) is 0. The van der Waals surface area contributed by atoms with E-state index in [-0.39, 0.29) is 11.1 Å². The number of hydrogen-bond acceptors (Lipinski definition) is 6. The lowest BCUT2D eigenvalue weighted by Gasteiger charge is -2.07. The van der Waals surface area contributed by atoms with Crippen LogP contribution in [-0.4, -0.2) is 25.6 Å². The van der Waals surface area contributed by atoms with Crippen molar-refractivity contribution in [3.05, 3.63) is 70.3 Å². The third-order valence-corrected chi connectivity index (χ3v) is 3.63. The van der Waals surface area contributed by atoms with Crippen molar-refractivity contribution in [2.45, 2.75) is 0 Å². The first-order chi connectivity index (χ1) is 13.0. The highest BCUT2D eigenvalue weighted by Crippen LogP contribution is 2.24. The molecule has 0 saturated carbocycles. The first-order valence-electron chi connectivity index (χ1n) is 7.81. The van der Waals surface area contributed by atoms with Gasteiger partial charge in [-0.05, 0) is 36.4 Å². The Morgan fingerprint density at radius 1 is 1.15 bits per heavy atom. The van der Waals surface area contributed by atoms with Gasteiger partial charge in [0, 0.05) is 11.1 Å². The van der Waals surface area contributed by atoms with Gasteiger partial charge in [-0.1, -0.05) is 12.1 Å². The van der Waals surface area contributed by atoms with E-state index in [0.717, 1.165) is 0 Å². The van der Waals surface area contributed by atoms with Gasteiger partial charge in [0.2, 0.25) is 0 Å². The predicted octanol–water partition coefficient (Wildman–Crippen LogP) is 2.74. The molecule has 2 aromatic carbocycles. The lowest BCUT2D eigenvalue weighted by atomic mass is 10.2. The van der Waals surface area contributed by atoms with Crippen molar-refractivity contribution in [2.24, 2.45) is 0 Å². The molecule has 1 amide bonds. The van der Waals surface area contributed by atoms with Crippen LogP contribution in [0.1, 0.15) is 10.4 Å². The van der Waals surface area contributed by atoms with E-state index in [1.165, 1.54) is 37.4 Å². The minimum Gasteiger partial charge on any atom is -0.493 e. The summed E-state index contributed by atoms with van der Waals surface area (Å²) in [6, 6.07) is 11.3. The van der Waals surface area contributed by atoms with Crippen molar-refractivity contribution in [3.63, 3.8) is 0 Å². The van der Waals surface area contributed by atoms with Crippen molar-refractivity contribution in [2.75, 3.05) is 19.0 Å². The van der Waals surface area contributed by atoms with Crippen LogP contribution in [0.4, 0.5) is 10.1 Å². The molecule has 3 rings (SSSR count). The molecule has 0 saturated heterocycles. The third kappa shape index (κ3) is 4.12. The normalized spacial score (nSPS) is 10.4. The quantitative estimate of drug-likeness (QED) is 0.547. The van der Waals surface area contributed by atoms with Crippen LogP contribution < -0.4 is 15.7 Å². The fourth-order valence-corrected chi connectivity index (χ4v) is 2.36. The number of rotatable bonds is 5. The second kappa shape index (κ2) is 7.69. The molecule has 27 heavy (non-hydrogen) atoms. The summed E-state index contributed by atoms with van der Waals surface area (Å²) < 4.78 is 27.9. The Bertz CT molecular complexity index is 1060. The number of anilines is 1. The minimum absolute atomic E-state index is 0.204. The molecule has 3 aromatic rings. The summed E-state index contributed by atoms with van der Waals surface area (Å²) in [7, 11) is 1.43. The van der Waals surface area contributed by atoms with E-state index in [9.17, 15) is 18.8 Å². The van der Waals surface area contributed by atoms with Gasteiger partial charge >= 0.3 is 11.6 Å². The number of esters is 1. The van der Waals surface area contributed by atoms with E-state index < -0.39 is 29.9 Å². The molecule has 0 atom stereocenters. The number of para-hydroxylation sites is 1. The van der Waals surface area contributed by atoms with E-state index in [1.54, 1.807) is 18.2 Å². The molecular weight excluding hydrogens is 357 g/mol. The maximum atomic E-state index is 12.8. The zero-order valence-electron chi connectivity index (χ0n) is 14.2. The molecule has 1 aromatic heterocycles. The smallest absolute Gasteiger partial charge is 0.351 e. The zero-order chi connectivity index (χ0) is 19.4. The number of carbonyl (C=O) groups is 2. The number of nitrogens with one attached hydrogen (secondary N) is 1. The molecular formula is C19H14FNO6. The Hall–Kier alpha value is -3.68. The Morgan fingerprint density at radius 2 is 1.89 bits per heavy atom. The SMILES string of the molecule is COc1cccc2cc(C(=O)OCC(=O)Nc3ccc(F)cc3)c(=O)oc12. The summed E-state index contributed by atoms with van der Waals surface area (Å²) in [5.41, 5.74) is -0.702. The van der Waals surface area contributed by atoms with Gasteiger partial charge in [0.05, 0.1) is 7.11 Å². The molecule has 8 heteroatoms. The highest BCUT2D eigenvalue weighted by Gasteiger charge is 2.18. The van der Waals surface area contributed by atoms with Gasteiger partial charge in [-0.25, -0.2) is 14.0 Å². The number of benzene rings is 2. The maximum Gasteiger partial charge on any atom is 0.351 e. The molecule has 0 bridgehead atoms. The number of carbonyl (C=O) groups excluding carboxylic acids is 2. The fourth-order valence-electron chi connectivity index (χ4n) is 2.36. The van der Waals surface area contributed by atoms with E-state index in [4.69, 9.17) is 13.9 Å². The summed E-state index contributed by atoms with van der Waals surface area (Å²) >= 11 is 0. The van der Waals surface area contributed by atoms with Crippen molar-refractivity contribution < 1.29 is 27.9 Å². The van der Waals surface area contributed by atoms with Crippen LogP contribution in [0.5, 0.6) is 5.75 Å². The van der Waals surface area contributed by atoms with Gasteiger partial charge in [-0.15, -0.1) is 0 Å². The van der Waals surface area contributed by atoms with Crippen LogP contribution in [-0.2, 0) is 9.53 Å². The maximum absolute atomic E-state index is 12.8. The van der Waals surface area contributed by atoms with Crippen LogP contribution in [0.3, 0.4) is 0 Å². The van der Waals surface area contributed by atoms with Crippen molar-refractivity contribution in [1.29, 1.82) is 0 Å². The number of amides is 1. The number of halogens is 1. The monoisotopic (exact) mass is 371 g/mol. The zero-order valence-corrected chi connectivity index (χ0v) is 14.2. The Balaban J connectivity index is 1.70. The van der Waals surface area contributed by atoms with Gasteiger partial charge in [0.15, 0.2) is 17.9 Å². The second-order valence-electron chi connectivity index (χ2n) is 5.46. The van der Waals surface area contributed by atoms with Gasteiger partial charge < -0.3 is 19.2 Å². The first-order valence-corrected chi connectivity index (χ1v) is 7.81. The third-order valence-electron chi connectivity index (χ3n) is 3.63. The molecule has 1 N–H and O–H groups in total. The van der Waals surface area contributed by atoms with Crippen LogP contribution in [0.25, 0.3) is 11.0 Å². The lowest BCUT2D eigenvalue weighted by Crippen LogP contribution is -2.23. The molecule has 0 aliphatic rings. The van der Waals surface area contributed by atoms with Crippen LogP contribution in [0, 0.1) is 5.82 Å². The average molecular weight is 371 g/mol. The summed E-state index contributed by atoms with van der Waals surface area (Å²) in [4.78, 5) is 36.0. The second-order valence-corrected chi connectivity index (χ2v) is 5.46. The van der Waals surface area contributed by atoms with Crippen LogP contribution >= 0.6 is 0 Å². The number of ether oxygens (including phenoxy) is 2. The molecule has 0 radical (unpaired) electrons.